The number of hydrogen-bond donors (Lipinski definition) is 2. The Morgan fingerprint density at radius 2 is 1.90 bits per heavy atom. The minimum Gasteiger partial charge on any atom is -0.374 e. The third kappa shape index (κ3) is 6.66. The first kappa shape index (κ1) is 22.5. The maximum atomic E-state index is 13.1. The summed E-state index contributed by atoms with van der Waals surface area (Å²) in [5, 5.41) is 5.25. The number of carbonyl (C=O) groups excluding carboxylic acids is 2. The van der Waals surface area contributed by atoms with Gasteiger partial charge in [0.15, 0.2) is 0 Å². The third-order valence-electron chi connectivity index (χ3n) is 2.74. The molecule has 2 rings (SSSR count). The Labute approximate surface area is 151 Å². The van der Waals surface area contributed by atoms with Crippen LogP contribution in [0.3, 0.4) is 0 Å². The molecule has 0 spiro atoms. The molecule has 0 saturated carbocycles. The second-order valence-corrected chi connectivity index (χ2v) is 4.11. The molecule has 6 heteroatoms. The van der Waals surface area contributed by atoms with Crippen LogP contribution >= 0.6 is 0 Å². The first-order valence-corrected chi connectivity index (χ1v) is 6.42. The Kier molecular flexibility index (Phi) is 11.6. The van der Waals surface area contributed by atoms with Crippen LogP contribution in [-0.4, -0.2) is 17.9 Å². The van der Waals surface area contributed by atoms with E-state index in [1.165, 1.54) is 6.07 Å². The van der Waals surface area contributed by atoms with Gasteiger partial charge in [-0.15, -0.1) is 0 Å². The normalized spacial score (nSPS) is 16.5. The van der Waals surface area contributed by atoms with Crippen molar-refractivity contribution in [2.45, 2.75) is 39.7 Å². The Balaban J connectivity index is 0. The number of nitrogens with one attached hydrogen (secondary N) is 2. The second-order valence-electron chi connectivity index (χ2n) is 4.11. The van der Waals surface area contributed by atoms with Crippen molar-refractivity contribution in [3.8, 4) is 0 Å². The largest absolute Gasteiger partial charge is 0.374 e. The zero-order valence-electron chi connectivity index (χ0n) is 13.0. The standard InChI is InChI=1S/C12H13FN2O2.C2H6.CH3.Y/c1-7-6-8(2-3-9(7)13)14-10-4-5-11(16)15-12(10)17;1-2;;/h2-3,6,10,14H,4-5H2,1H3,(H,15,16,17);1-2H3;1H3;/q;;-1;. The second kappa shape index (κ2) is 10.9. The van der Waals surface area contributed by atoms with Crippen LogP contribution in [-0.2, 0) is 42.3 Å². The van der Waals surface area contributed by atoms with Gasteiger partial charge < -0.3 is 12.7 Å². The van der Waals surface area contributed by atoms with Crippen LogP contribution in [0.4, 0.5) is 10.1 Å². The molecule has 4 nitrogen and oxygen atoms in total. The van der Waals surface area contributed by atoms with Gasteiger partial charge >= 0.3 is 0 Å². The van der Waals surface area contributed by atoms with Crippen molar-refractivity contribution in [3.05, 3.63) is 37.0 Å². The monoisotopic (exact) mass is 370 g/mol. The van der Waals surface area contributed by atoms with E-state index in [2.05, 4.69) is 10.6 Å². The van der Waals surface area contributed by atoms with Crippen LogP contribution in [0.1, 0.15) is 32.3 Å². The van der Waals surface area contributed by atoms with Crippen LogP contribution in [0, 0.1) is 20.2 Å². The van der Waals surface area contributed by atoms with Gasteiger partial charge in [-0.25, -0.2) is 4.39 Å². The molecular weight excluding hydrogens is 348 g/mol. The summed E-state index contributed by atoms with van der Waals surface area (Å²) in [5.41, 5.74) is 1.20. The molecule has 0 bridgehead atoms. The van der Waals surface area contributed by atoms with E-state index in [1.807, 2.05) is 13.8 Å². The predicted octanol–water partition coefficient (Wildman–Crippen LogP) is 2.83. The number of hydrogen-bond acceptors (Lipinski definition) is 3. The number of carbonyl (C=O) groups is 2. The van der Waals surface area contributed by atoms with E-state index in [9.17, 15) is 14.0 Å². The molecule has 21 heavy (non-hydrogen) atoms. The van der Waals surface area contributed by atoms with E-state index < -0.39 is 6.04 Å². The van der Waals surface area contributed by atoms with Gasteiger partial charge in [-0.2, -0.15) is 0 Å². The number of aryl methyl sites for hydroxylation is 1. The molecule has 1 aromatic carbocycles. The number of piperidine rings is 1. The fourth-order valence-electron chi connectivity index (χ4n) is 1.77. The molecule has 0 aliphatic carbocycles. The summed E-state index contributed by atoms with van der Waals surface area (Å²) in [4.78, 5) is 22.5. The number of imide groups is 1. The predicted molar refractivity (Wildman–Crippen MR) is 78.7 cm³/mol. The van der Waals surface area contributed by atoms with Gasteiger partial charge in [-0.1, -0.05) is 13.8 Å². The van der Waals surface area contributed by atoms with Gasteiger partial charge in [0.1, 0.15) is 11.9 Å². The van der Waals surface area contributed by atoms with Crippen molar-refractivity contribution >= 4 is 17.5 Å². The number of amides is 2. The van der Waals surface area contributed by atoms with Gasteiger partial charge in [-0.05, 0) is 37.1 Å². The van der Waals surface area contributed by atoms with Crippen molar-refractivity contribution in [1.29, 1.82) is 0 Å². The van der Waals surface area contributed by atoms with Gasteiger partial charge in [0.05, 0.1) is 0 Å². The quantitative estimate of drug-likeness (QED) is 0.622. The maximum absolute atomic E-state index is 13.1. The summed E-state index contributed by atoms with van der Waals surface area (Å²) in [6.45, 7) is 5.66. The molecular formula is C15H22FN2O2Y-. The van der Waals surface area contributed by atoms with E-state index in [0.717, 1.165) is 0 Å². The smallest absolute Gasteiger partial charge is 0.249 e. The molecule has 1 fully saturated rings. The van der Waals surface area contributed by atoms with Crippen molar-refractivity contribution in [2.75, 3.05) is 5.32 Å². The summed E-state index contributed by atoms with van der Waals surface area (Å²) in [6, 6.07) is 4.13. The van der Waals surface area contributed by atoms with Crippen molar-refractivity contribution in [1.82, 2.24) is 5.32 Å². The summed E-state index contributed by atoms with van der Waals surface area (Å²) < 4.78 is 13.1. The molecule has 0 aromatic heterocycles. The van der Waals surface area contributed by atoms with Gasteiger partial charge in [0.2, 0.25) is 11.8 Å². The fraction of sp³-hybridized carbons (Fsp3) is 0.400. The third-order valence-corrected chi connectivity index (χ3v) is 2.74. The number of rotatable bonds is 2. The SMILES string of the molecule is CC.Cc1cc(NC2CCC(=O)NC2=O)ccc1F.[CH3-].[Y]. The Morgan fingerprint density at radius 1 is 1.29 bits per heavy atom. The first-order valence-electron chi connectivity index (χ1n) is 6.42. The average Bonchev–Trinajstić information content (AvgIpc) is 2.39. The zero-order valence-corrected chi connectivity index (χ0v) is 15.8. The fourth-order valence-corrected chi connectivity index (χ4v) is 1.77. The maximum Gasteiger partial charge on any atom is 0.249 e. The van der Waals surface area contributed by atoms with Crippen LogP contribution in [0.2, 0.25) is 0 Å². The van der Waals surface area contributed by atoms with E-state index >= 15 is 0 Å². The van der Waals surface area contributed by atoms with Crippen LogP contribution < -0.4 is 10.6 Å². The summed E-state index contributed by atoms with van der Waals surface area (Å²) in [5.74, 6) is -0.856. The van der Waals surface area contributed by atoms with Crippen LogP contribution in [0.25, 0.3) is 0 Å². The molecule has 1 unspecified atom stereocenters. The summed E-state index contributed by atoms with van der Waals surface area (Å²) >= 11 is 0. The number of halogens is 1. The molecule has 2 N–H and O–H groups in total. The first-order chi connectivity index (χ1) is 9.06. The van der Waals surface area contributed by atoms with Gasteiger partial charge in [0, 0.05) is 44.8 Å². The van der Waals surface area contributed by atoms with Crippen molar-refractivity contribution in [3.63, 3.8) is 0 Å². The minimum atomic E-state index is -0.433. The topological polar surface area (TPSA) is 58.2 Å². The molecule has 1 atom stereocenters. The molecule has 115 valence electrons. The average molecular weight is 370 g/mol. The van der Waals surface area contributed by atoms with E-state index in [0.29, 0.717) is 24.1 Å². The summed E-state index contributed by atoms with van der Waals surface area (Å²) in [7, 11) is 0. The molecule has 1 radical (unpaired) electrons. The Morgan fingerprint density at radius 3 is 2.43 bits per heavy atom. The van der Waals surface area contributed by atoms with Crippen molar-refractivity contribution in [2.24, 2.45) is 0 Å². The molecule has 2 amide bonds. The minimum absolute atomic E-state index is 0. The molecule has 1 saturated heterocycles. The Bertz CT molecular complexity index is 481. The van der Waals surface area contributed by atoms with E-state index in [-0.39, 0.29) is 57.8 Å². The zero-order chi connectivity index (χ0) is 14.4. The van der Waals surface area contributed by atoms with E-state index in [1.54, 1.807) is 19.1 Å². The number of anilines is 1. The molecule has 1 aliphatic rings. The Hall–Kier alpha value is -0.806. The molecule has 1 aromatic rings. The van der Waals surface area contributed by atoms with Crippen LogP contribution in [0.5, 0.6) is 0 Å². The molecule has 1 heterocycles. The van der Waals surface area contributed by atoms with Crippen LogP contribution in [0.15, 0.2) is 18.2 Å². The molecule has 1 aliphatic heterocycles. The van der Waals surface area contributed by atoms with Crippen molar-refractivity contribution < 1.29 is 46.7 Å². The van der Waals surface area contributed by atoms with Gasteiger partial charge in [0.25, 0.3) is 0 Å². The van der Waals surface area contributed by atoms with E-state index in [4.69, 9.17) is 0 Å². The number of benzene rings is 1. The summed E-state index contributed by atoms with van der Waals surface area (Å²) in [6.07, 6.45) is 0.782. The van der Waals surface area contributed by atoms with Gasteiger partial charge in [-0.3, -0.25) is 14.9 Å².